The van der Waals surface area contributed by atoms with E-state index in [1.54, 1.807) is 0 Å². The van der Waals surface area contributed by atoms with E-state index in [9.17, 15) is 0 Å². The number of aryl methyl sites for hydroxylation is 1. The molecule has 0 saturated carbocycles. The molecular formula is C9H13N5O2. The fourth-order valence-electron chi connectivity index (χ4n) is 1.24. The highest BCUT2D eigenvalue weighted by Crippen LogP contribution is 2.09. The van der Waals surface area contributed by atoms with E-state index in [0.717, 1.165) is 13.0 Å². The van der Waals surface area contributed by atoms with Gasteiger partial charge in [0, 0.05) is 19.6 Å². The third kappa shape index (κ3) is 2.63. The predicted molar refractivity (Wildman–Crippen MR) is 54.5 cm³/mol. The summed E-state index contributed by atoms with van der Waals surface area (Å²) in [5, 5.41) is 10.2. The molecule has 2 rings (SSSR count). The van der Waals surface area contributed by atoms with Crippen LogP contribution in [-0.4, -0.2) is 38.5 Å². The molecule has 0 aliphatic rings. The Morgan fingerprint density at radius 1 is 1.50 bits per heavy atom. The molecule has 0 aliphatic heterocycles. The molecule has 2 heterocycles. The Balaban J connectivity index is 1.88. The van der Waals surface area contributed by atoms with Gasteiger partial charge in [-0.2, -0.15) is 10.1 Å². The molecule has 0 amide bonds. The summed E-state index contributed by atoms with van der Waals surface area (Å²) >= 11 is 0. The van der Waals surface area contributed by atoms with Crippen LogP contribution in [0.3, 0.4) is 0 Å². The van der Waals surface area contributed by atoms with Crippen molar-refractivity contribution in [1.29, 1.82) is 0 Å². The zero-order valence-corrected chi connectivity index (χ0v) is 9.01. The van der Waals surface area contributed by atoms with Gasteiger partial charge in [-0.05, 0) is 13.3 Å². The highest BCUT2D eigenvalue weighted by molar-refractivity contribution is 5.39. The zero-order chi connectivity index (χ0) is 11.2. The van der Waals surface area contributed by atoms with Gasteiger partial charge in [0.05, 0.1) is 0 Å². The third-order valence-electron chi connectivity index (χ3n) is 1.98. The average Bonchev–Trinajstić information content (AvgIpc) is 2.94. The molecule has 0 saturated heterocycles. The summed E-state index contributed by atoms with van der Waals surface area (Å²) in [5.41, 5.74) is 0. The molecule has 2 aromatic heterocycles. The summed E-state index contributed by atoms with van der Waals surface area (Å²) in [5.74, 6) is 1.54. The number of aromatic nitrogens is 5. The first kappa shape index (κ1) is 10.7. The van der Waals surface area contributed by atoms with Gasteiger partial charge in [-0.1, -0.05) is 5.16 Å². The van der Waals surface area contributed by atoms with Crippen LogP contribution in [0, 0.1) is 0 Å². The SMILES string of the molecule is CCOCCCc1nc(-c2ncn[nH]2)no1. The Labute approximate surface area is 92.2 Å². The maximum atomic E-state index is 5.22. The molecule has 16 heavy (non-hydrogen) atoms. The van der Waals surface area contributed by atoms with Gasteiger partial charge in [-0.25, -0.2) is 4.98 Å². The maximum absolute atomic E-state index is 5.22. The molecule has 7 heteroatoms. The lowest BCUT2D eigenvalue weighted by Gasteiger charge is -1.96. The lowest BCUT2D eigenvalue weighted by molar-refractivity contribution is 0.143. The zero-order valence-electron chi connectivity index (χ0n) is 9.01. The molecule has 0 fully saturated rings. The van der Waals surface area contributed by atoms with Crippen molar-refractivity contribution in [1.82, 2.24) is 25.3 Å². The Hall–Kier alpha value is -1.76. The molecule has 0 bridgehead atoms. The van der Waals surface area contributed by atoms with E-state index >= 15 is 0 Å². The summed E-state index contributed by atoms with van der Waals surface area (Å²) in [4.78, 5) is 8.12. The van der Waals surface area contributed by atoms with Crippen molar-refractivity contribution < 1.29 is 9.26 Å². The molecule has 0 aromatic carbocycles. The predicted octanol–water partition coefficient (Wildman–Crippen LogP) is 0.824. The number of hydrogen-bond acceptors (Lipinski definition) is 6. The number of H-pyrrole nitrogens is 1. The average molecular weight is 223 g/mol. The van der Waals surface area contributed by atoms with E-state index in [-0.39, 0.29) is 0 Å². The summed E-state index contributed by atoms with van der Waals surface area (Å²) in [7, 11) is 0. The molecule has 86 valence electrons. The molecule has 0 atom stereocenters. The number of nitrogens with one attached hydrogen (secondary N) is 1. The highest BCUT2D eigenvalue weighted by atomic mass is 16.5. The van der Waals surface area contributed by atoms with E-state index in [1.165, 1.54) is 6.33 Å². The lowest BCUT2D eigenvalue weighted by atomic mass is 10.3. The van der Waals surface area contributed by atoms with Crippen LogP contribution < -0.4 is 0 Å². The van der Waals surface area contributed by atoms with Crippen LogP contribution in [0.1, 0.15) is 19.2 Å². The lowest BCUT2D eigenvalue weighted by Crippen LogP contribution is -1.96. The van der Waals surface area contributed by atoms with Crippen molar-refractivity contribution in [3.05, 3.63) is 12.2 Å². The molecule has 0 unspecified atom stereocenters. The second kappa shape index (κ2) is 5.36. The van der Waals surface area contributed by atoms with Gasteiger partial charge in [-0.3, -0.25) is 5.10 Å². The first-order chi connectivity index (χ1) is 7.90. The minimum absolute atomic E-state index is 0.434. The van der Waals surface area contributed by atoms with Crippen molar-refractivity contribution in [2.24, 2.45) is 0 Å². The number of ether oxygens (including phenoxy) is 1. The van der Waals surface area contributed by atoms with Crippen LogP contribution in [0.5, 0.6) is 0 Å². The number of hydrogen-bond donors (Lipinski definition) is 1. The van der Waals surface area contributed by atoms with Crippen molar-refractivity contribution >= 4 is 0 Å². The van der Waals surface area contributed by atoms with Gasteiger partial charge in [0.2, 0.25) is 11.7 Å². The Bertz CT molecular complexity index is 411. The van der Waals surface area contributed by atoms with Crippen molar-refractivity contribution in [2.45, 2.75) is 19.8 Å². The van der Waals surface area contributed by atoms with Gasteiger partial charge >= 0.3 is 0 Å². The summed E-state index contributed by atoms with van der Waals surface area (Å²) < 4.78 is 10.3. The van der Waals surface area contributed by atoms with Crippen LogP contribution in [0.15, 0.2) is 10.9 Å². The van der Waals surface area contributed by atoms with Crippen LogP contribution in [-0.2, 0) is 11.2 Å². The summed E-state index contributed by atoms with van der Waals surface area (Å²) in [6.07, 6.45) is 2.98. The van der Waals surface area contributed by atoms with E-state index in [2.05, 4.69) is 25.3 Å². The highest BCUT2D eigenvalue weighted by Gasteiger charge is 2.10. The monoisotopic (exact) mass is 223 g/mol. The first-order valence-electron chi connectivity index (χ1n) is 5.16. The van der Waals surface area contributed by atoms with Gasteiger partial charge in [0.25, 0.3) is 0 Å². The summed E-state index contributed by atoms with van der Waals surface area (Å²) in [6.45, 7) is 3.40. The standard InChI is InChI=1S/C9H13N5O2/c1-2-15-5-3-4-7-12-9(14-16-7)8-10-6-11-13-8/h6H,2-5H2,1H3,(H,10,11,13). The topological polar surface area (TPSA) is 89.7 Å². The van der Waals surface area contributed by atoms with Crippen molar-refractivity contribution in [3.63, 3.8) is 0 Å². The summed E-state index contributed by atoms with van der Waals surface area (Å²) in [6, 6.07) is 0. The van der Waals surface area contributed by atoms with E-state index in [0.29, 0.717) is 30.6 Å². The fraction of sp³-hybridized carbons (Fsp3) is 0.556. The largest absolute Gasteiger partial charge is 0.382 e. The Kier molecular flexibility index (Phi) is 3.60. The first-order valence-corrected chi connectivity index (χ1v) is 5.16. The third-order valence-corrected chi connectivity index (χ3v) is 1.98. The number of nitrogens with zero attached hydrogens (tertiary/aromatic N) is 4. The smallest absolute Gasteiger partial charge is 0.239 e. The second-order valence-corrected chi connectivity index (χ2v) is 3.15. The molecule has 2 aromatic rings. The van der Waals surface area contributed by atoms with Gasteiger partial charge < -0.3 is 9.26 Å². The molecule has 0 spiro atoms. The number of aromatic amines is 1. The van der Waals surface area contributed by atoms with Gasteiger partial charge in [0.1, 0.15) is 6.33 Å². The minimum atomic E-state index is 0.434. The Morgan fingerprint density at radius 3 is 3.19 bits per heavy atom. The quantitative estimate of drug-likeness (QED) is 0.729. The Morgan fingerprint density at radius 2 is 2.44 bits per heavy atom. The van der Waals surface area contributed by atoms with Crippen LogP contribution >= 0.6 is 0 Å². The molecule has 1 N–H and O–H groups in total. The molecular weight excluding hydrogens is 210 g/mol. The van der Waals surface area contributed by atoms with E-state index in [4.69, 9.17) is 9.26 Å². The number of rotatable bonds is 6. The maximum Gasteiger partial charge on any atom is 0.239 e. The van der Waals surface area contributed by atoms with Crippen molar-refractivity contribution in [3.8, 4) is 11.6 Å². The van der Waals surface area contributed by atoms with Crippen LogP contribution in [0.25, 0.3) is 11.6 Å². The minimum Gasteiger partial charge on any atom is -0.382 e. The van der Waals surface area contributed by atoms with E-state index < -0.39 is 0 Å². The van der Waals surface area contributed by atoms with Crippen LogP contribution in [0.4, 0.5) is 0 Å². The van der Waals surface area contributed by atoms with E-state index in [1.807, 2.05) is 6.92 Å². The van der Waals surface area contributed by atoms with Gasteiger partial charge in [-0.15, -0.1) is 0 Å². The van der Waals surface area contributed by atoms with Crippen LogP contribution in [0.2, 0.25) is 0 Å². The molecule has 7 nitrogen and oxygen atoms in total. The normalized spacial score (nSPS) is 10.8. The van der Waals surface area contributed by atoms with Gasteiger partial charge in [0.15, 0.2) is 5.82 Å². The van der Waals surface area contributed by atoms with Crippen molar-refractivity contribution in [2.75, 3.05) is 13.2 Å². The second-order valence-electron chi connectivity index (χ2n) is 3.15. The molecule has 0 aliphatic carbocycles. The molecule has 0 radical (unpaired) electrons. The fourth-order valence-corrected chi connectivity index (χ4v) is 1.24.